The minimum Gasteiger partial charge on any atom is -0.491 e. The van der Waals surface area contributed by atoms with Gasteiger partial charge in [0.2, 0.25) is 5.13 Å². The molecule has 4 rings (SSSR count). The number of aryl methyl sites for hydroxylation is 1. The Morgan fingerprint density at radius 1 is 1.03 bits per heavy atom. The van der Waals surface area contributed by atoms with Gasteiger partial charge in [0.15, 0.2) is 0 Å². The summed E-state index contributed by atoms with van der Waals surface area (Å²) in [6, 6.07) is 19.5. The minimum atomic E-state index is -3.94. The molecule has 35 heavy (non-hydrogen) atoms. The Bertz CT molecular complexity index is 1490. The second kappa shape index (κ2) is 10.1. The Hall–Kier alpha value is -3.94. The molecule has 0 atom stereocenters. The van der Waals surface area contributed by atoms with Gasteiger partial charge < -0.3 is 9.47 Å². The number of sulfonamides is 1. The number of anilines is 1. The largest absolute Gasteiger partial charge is 0.491 e. The molecule has 4 aromatic rings. The van der Waals surface area contributed by atoms with Crippen LogP contribution in [0.2, 0.25) is 0 Å². The number of nitrogens with zero attached hydrogens (tertiary/aromatic N) is 3. The van der Waals surface area contributed by atoms with Gasteiger partial charge in [-0.15, -0.1) is 0 Å². The molecule has 0 saturated heterocycles. The standard InChI is InChI=1S/C25H22N4O4S2/c1-16(2)32-19-8-10-21(17(3)12-19)22-6-4-5-7-24(22)33-23-11-9-20(13-18(23)14-26)35(30,31)29-25-27-15-28-34-25/h4-13,15-16H,1-3H3,(H,27,28,29). The fourth-order valence-corrected chi connectivity index (χ4v) is 5.11. The van der Waals surface area contributed by atoms with Gasteiger partial charge >= 0.3 is 0 Å². The van der Waals surface area contributed by atoms with E-state index in [9.17, 15) is 13.7 Å². The summed E-state index contributed by atoms with van der Waals surface area (Å²) in [6.45, 7) is 5.94. The zero-order chi connectivity index (χ0) is 25.0. The first kappa shape index (κ1) is 24.2. The molecule has 0 fully saturated rings. The number of hydrogen-bond donors (Lipinski definition) is 1. The van der Waals surface area contributed by atoms with Gasteiger partial charge in [0.25, 0.3) is 10.0 Å². The molecular weight excluding hydrogens is 484 g/mol. The first-order valence-electron chi connectivity index (χ1n) is 10.6. The molecule has 10 heteroatoms. The van der Waals surface area contributed by atoms with E-state index in [1.807, 2.05) is 63.2 Å². The number of para-hydroxylation sites is 1. The van der Waals surface area contributed by atoms with Crippen molar-refractivity contribution in [1.29, 1.82) is 5.26 Å². The van der Waals surface area contributed by atoms with Crippen LogP contribution in [0.5, 0.6) is 17.2 Å². The van der Waals surface area contributed by atoms with Gasteiger partial charge in [-0.3, -0.25) is 4.72 Å². The molecule has 1 heterocycles. The van der Waals surface area contributed by atoms with Crippen LogP contribution in [-0.2, 0) is 10.0 Å². The summed E-state index contributed by atoms with van der Waals surface area (Å²) in [6.07, 6.45) is 1.32. The van der Waals surface area contributed by atoms with E-state index in [4.69, 9.17) is 9.47 Å². The predicted molar refractivity (Wildman–Crippen MR) is 134 cm³/mol. The maximum absolute atomic E-state index is 12.7. The van der Waals surface area contributed by atoms with Crippen molar-refractivity contribution in [3.05, 3.63) is 78.1 Å². The summed E-state index contributed by atoms with van der Waals surface area (Å²) in [5, 5.41) is 9.83. The van der Waals surface area contributed by atoms with Crippen molar-refractivity contribution in [2.24, 2.45) is 0 Å². The zero-order valence-corrected chi connectivity index (χ0v) is 20.9. The minimum absolute atomic E-state index is 0.0699. The Morgan fingerprint density at radius 3 is 2.51 bits per heavy atom. The molecule has 0 saturated carbocycles. The first-order chi connectivity index (χ1) is 16.8. The predicted octanol–water partition coefficient (Wildman–Crippen LogP) is 5.77. The van der Waals surface area contributed by atoms with E-state index in [1.54, 1.807) is 6.07 Å². The van der Waals surface area contributed by atoms with Crippen LogP contribution in [0.15, 0.2) is 71.9 Å². The SMILES string of the molecule is Cc1cc(OC(C)C)ccc1-c1ccccc1Oc1ccc(S(=O)(=O)Nc2ncns2)cc1C#N. The maximum atomic E-state index is 12.7. The van der Waals surface area contributed by atoms with E-state index in [2.05, 4.69) is 14.1 Å². The van der Waals surface area contributed by atoms with Crippen molar-refractivity contribution in [2.45, 2.75) is 31.8 Å². The van der Waals surface area contributed by atoms with Crippen molar-refractivity contribution < 1.29 is 17.9 Å². The third-order valence-corrected chi connectivity index (χ3v) is 6.98. The van der Waals surface area contributed by atoms with Crippen LogP contribution >= 0.6 is 11.5 Å². The lowest BCUT2D eigenvalue weighted by atomic mass is 9.99. The van der Waals surface area contributed by atoms with Crippen molar-refractivity contribution in [3.8, 4) is 34.4 Å². The number of rotatable bonds is 8. The van der Waals surface area contributed by atoms with Gasteiger partial charge in [-0.2, -0.15) is 9.64 Å². The Morgan fingerprint density at radius 2 is 1.83 bits per heavy atom. The number of hydrogen-bond acceptors (Lipinski definition) is 8. The quantitative estimate of drug-likeness (QED) is 0.323. The van der Waals surface area contributed by atoms with Gasteiger partial charge in [-0.25, -0.2) is 13.4 Å². The highest BCUT2D eigenvalue weighted by Crippen LogP contribution is 2.37. The maximum Gasteiger partial charge on any atom is 0.263 e. The summed E-state index contributed by atoms with van der Waals surface area (Å²) in [7, 11) is -3.94. The van der Waals surface area contributed by atoms with Crippen LogP contribution in [0.1, 0.15) is 25.0 Å². The summed E-state index contributed by atoms with van der Waals surface area (Å²) in [5.41, 5.74) is 2.87. The molecule has 1 aromatic heterocycles. The van der Waals surface area contributed by atoms with Gasteiger partial charge in [-0.1, -0.05) is 24.3 Å². The van der Waals surface area contributed by atoms with Crippen molar-refractivity contribution in [1.82, 2.24) is 9.36 Å². The molecule has 1 N–H and O–H groups in total. The van der Waals surface area contributed by atoms with E-state index in [0.717, 1.165) is 34.0 Å². The molecule has 0 amide bonds. The molecule has 0 spiro atoms. The second-order valence-electron chi connectivity index (χ2n) is 7.86. The highest BCUT2D eigenvalue weighted by molar-refractivity contribution is 7.93. The molecule has 0 bridgehead atoms. The summed E-state index contributed by atoms with van der Waals surface area (Å²) < 4.78 is 43.4. The van der Waals surface area contributed by atoms with Gasteiger partial charge in [0.1, 0.15) is 29.6 Å². The Kier molecular flexibility index (Phi) is 7.00. The molecule has 0 unspecified atom stereocenters. The highest BCUT2D eigenvalue weighted by Gasteiger charge is 2.19. The van der Waals surface area contributed by atoms with Gasteiger partial charge in [-0.05, 0) is 68.3 Å². The van der Waals surface area contributed by atoms with E-state index in [0.29, 0.717) is 5.75 Å². The summed E-state index contributed by atoms with van der Waals surface area (Å²) >= 11 is 0.915. The van der Waals surface area contributed by atoms with E-state index in [1.165, 1.54) is 24.5 Å². The van der Waals surface area contributed by atoms with E-state index in [-0.39, 0.29) is 27.4 Å². The van der Waals surface area contributed by atoms with Crippen LogP contribution in [0.4, 0.5) is 5.13 Å². The number of nitrogens with one attached hydrogen (secondary N) is 1. The molecule has 0 radical (unpaired) electrons. The lowest BCUT2D eigenvalue weighted by Gasteiger charge is -2.16. The van der Waals surface area contributed by atoms with Gasteiger partial charge in [0, 0.05) is 17.1 Å². The van der Waals surface area contributed by atoms with E-state index < -0.39 is 10.0 Å². The first-order valence-corrected chi connectivity index (χ1v) is 12.9. The average Bonchev–Trinajstić information content (AvgIpc) is 3.32. The Labute approximate surface area is 208 Å². The molecule has 178 valence electrons. The topological polar surface area (TPSA) is 114 Å². The van der Waals surface area contributed by atoms with Crippen molar-refractivity contribution in [2.75, 3.05) is 4.72 Å². The number of ether oxygens (including phenoxy) is 2. The third-order valence-electron chi connectivity index (χ3n) is 4.93. The molecule has 0 aliphatic rings. The second-order valence-corrected chi connectivity index (χ2v) is 10.3. The van der Waals surface area contributed by atoms with E-state index >= 15 is 0 Å². The summed E-state index contributed by atoms with van der Waals surface area (Å²) in [5.74, 6) is 1.56. The molecule has 8 nitrogen and oxygen atoms in total. The summed E-state index contributed by atoms with van der Waals surface area (Å²) in [4.78, 5) is 3.75. The molecule has 0 aliphatic carbocycles. The number of aromatic nitrogens is 2. The highest BCUT2D eigenvalue weighted by atomic mass is 32.2. The van der Waals surface area contributed by atoms with Crippen LogP contribution < -0.4 is 14.2 Å². The molecule has 3 aromatic carbocycles. The lowest BCUT2D eigenvalue weighted by Crippen LogP contribution is -2.13. The average molecular weight is 507 g/mol. The smallest absolute Gasteiger partial charge is 0.263 e. The normalized spacial score (nSPS) is 11.2. The zero-order valence-electron chi connectivity index (χ0n) is 19.2. The fourth-order valence-electron chi connectivity index (χ4n) is 3.42. The van der Waals surface area contributed by atoms with Crippen LogP contribution in [0.25, 0.3) is 11.1 Å². The van der Waals surface area contributed by atoms with Crippen molar-refractivity contribution >= 4 is 26.7 Å². The monoisotopic (exact) mass is 506 g/mol. The lowest BCUT2D eigenvalue weighted by molar-refractivity contribution is 0.242. The van der Waals surface area contributed by atoms with Crippen LogP contribution in [0.3, 0.4) is 0 Å². The van der Waals surface area contributed by atoms with Crippen LogP contribution in [0, 0.1) is 18.3 Å². The number of benzene rings is 3. The van der Waals surface area contributed by atoms with Gasteiger partial charge in [0.05, 0.1) is 16.6 Å². The van der Waals surface area contributed by atoms with Crippen molar-refractivity contribution in [3.63, 3.8) is 0 Å². The number of nitriles is 1. The molecule has 0 aliphatic heterocycles. The van der Waals surface area contributed by atoms with Crippen LogP contribution in [-0.4, -0.2) is 23.9 Å². The fraction of sp³-hybridized carbons (Fsp3) is 0.160. The molecular formula is C25H22N4O4S2. The Balaban J connectivity index is 1.65. The third kappa shape index (κ3) is 5.59.